The smallest absolute Gasteiger partial charge is 0.276 e. The number of carbonyl (C=O) groups is 1. The van der Waals surface area contributed by atoms with Crippen molar-refractivity contribution < 1.29 is 4.79 Å². The molecule has 1 aromatic heterocycles. The molecule has 0 atom stereocenters. The Morgan fingerprint density at radius 1 is 1.21 bits per heavy atom. The molecular formula is C14H16N4O. The molecule has 1 heterocycles. The largest absolute Gasteiger partial charge is 0.397 e. The molecule has 0 saturated heterocycles. The summed E-state index contributed by atoms with van der Waals surface area (Å²) in [7, 11) is 3.83. The number of carbonyl (C=O) groups excluding carboxylic acids is 1. The van der Waals surface area contributed by atoms with Crippen LogP contribution in [0, 0.1) is 0 Å². The van der Waals surface area contributed by atoms with Crippen LogP contribution in [0.15, 0.2) is 42.6 Å². The second-order valence-corrected chi connectivity index (χ2v) is 4.31. The Balaban J connectivity index is 2.27. The van der Waals surface area contributed by atoms with Crippen molar-refractivity contribution >= 4 is 23.0 Å². The zero-order valence-corrected chi connectivity index (χ0v) is 10.9. The van der Waals surface area contributed by atoms with E-state index in [-0.39, 0.29) is 11.6 Å². The van der Waals surface area contributed by atoms with Crippen molar-refractivity contribution in [3.63, 3.8) is 0 Å². The van der Waals surface area contributed by atoms with Gasteiger partial charge in [0, 0.05) is 20.3 Å². The van der Waals surface area contributed by atoms with Crippen LogP contribution < -0.4 is 16.0 Å². The third-order valence-corrected chi connectivity index (χ3v) is 2.69. The zero-order valence-electron chi connectivity index (χ0n) is 10.9. The Hall–Kier alpha value is -2.56. The second-order valence-electron chi connectivity index (χ2n) is 4.31. The van der Waals surface area contributed by atoms with Crippen LogP contribution in [0.3, 0.4) is 0 Å². The number of hydrogen-bond acceptors (Lipinski definition) is 4. The van der Waals surface area contributed by atoms with Gasteiger partial charge in [-0.25, -0.2) is 4.98 Å². The number of anilines is 3. The molecule has 2 rings (SSSR count). The first-order valence-electron chi connectivity index (χ1n) is 5.88. The van der Waals surface area contributed by atoms with Crippen LogP contribution in [0.25, 0.3) is 0 Å². The maximum absolute atomic E-state index is 12.1. The summed E-state index contributed by atoms with van der Waals surface area (Å²) in [5.74, 6) is -0.313. The number of amides is 1. The van der Waals surface area contributed by atoms with Crippen LogP contribution in [0.5, 0.6) is 0 Å². The number of rotatable bonds is 3. The molecule has 0 spiro atoms. The van der Waals surface area contributed by atoms with Crippen molar-refractivity contribution in [1.82, 2.24) is 4.98 Å². The number of para-hydroxylation sites is 2. The molecule has 5 nitrogen and oxygen atoms in total. The minimum atomic E-state index is -0.313. The lowest BCUT2D eigenvalue weighted by atomic mass is 10.2. The van der Waals surface area contributed by atoms with Crippen LogP contribution in [-0.4, -0.2) is 25.0 Å². The standard InChI is InChI=1S/C14H16N4O/c1-18(2)12-8-4-3-7-11(12)17-14(19)13-10(15)6-5-9-16-13/h3-9H,15H2,1-2H3,(H,17,19). The number of nitrogen functional groups attached to an aromatic ring is 1. The molecule has 0 radical (unpaired) electrons. The first-order valence-corrected chi connectivity index (χ1v) is 5.88. The molecule has 3 N–H and O–H groups in total. The van der Waals surface area contributed by atoms with E-state index in [0.29, 0.717) is 5.69 Å². The lowest BCUT2D eigenvalue weighted by molar-refractivity contribution is 0.102. The van der Waals surface area contributed by atoms with Gasteiger partial charge in [0.1, 0.15) is 0 Å². The fraction of sp³-hybridized carbons (Fsp3) is 0.143. The van der Waals surface area contributed by atoms with E-state index in [1.165, 1.54) is 0 Å². The molecule has 5 heteroatoms. The van der Waals surface area contributed by atoms with Gasteiger partial charge in [0.15, 0.2) is 5.69 Å². The van der Waals surface area contributed by atoms with Crippen molar-refractivity contribution in [3.05, 3.63) is 48.3 Å². The highest BCUT2D eigenvalue weighted by Crippen LogP contribution is 2.24. The summed E-state index contributed by atoms with van der Waals surface area (Å²) in [5, 5.41) is 2.83. The Morgan fingerprint density at radius 3 is 2.63 bits per heavy atom. The first-order chi connectivity index (χ1) is 9.09. The molecule has 0 aliphatic carbocycles. The molecule has 0 unspecified atom stereocenters. The fourth-order valence-corrected chi connectivity index (χ4v) is 1.76. The molecule has 0 aliphatic heterocycles. The molecule has 2 aromatic rings. The van der Waals surface area contributed by atoms with Gasteiger partial charge in [0.2, 0.25) is 0 Å². The summed E-state index contributed by atoms with van der Waals surface area (Å²) in [4.78, 5) is 18.1. The minimum Gasteiger partial charge on any atom is -0.397 e. The number of benzene rings is 1. The SMILES string of the molecule is CN(C)c1ccccc1NC(=O)c1ncccc1N. The number of nitrogens with one attached hydrogen (secondary N) is 1. The van der Waals surface area contributed by atoms with E-state index in [2.05, 4.69) is 10.3 Å². The van der Waals surface area contributed by atoms with E-state index in [9.17, 15) is 4.79 Å². The number of pyridine rings is 1. The van der Waals surface area contributed by atoms with Gasteiger partial charge in [0.25, 0.3) is 5.91 Å². The predicted molar refractivity (Wildman–Crippen MR) is 77.4 cm³/mol. The van der Waals surface area contributed by atoms with E-state index >= 15 is 0 Å². The first kappa shape index (κ1) is 12.9. The van der Waals surface area contributed by atoms with E-state index < -0.39 is 0 Å². The van der Waals surface area contributed by atoms with E-state index in [0.717, 1.165) is 11.4 Å². The molecule has 19 heavy (non-hydrogen) atoms. The normalized spacial score (nSPS) is 10.0. The van der Waals surface area contributed by atoms with Gasteiger partial charge < -0.3 is 16.0 Å². The average molecular weight is 256 g/mol. The van der Waals surface area contributed by atoms with Crippen LogP contribution in [-0.2, 0) is 0 Å². The Bertz CT molecular complexity index is 596. The lowest BCUT2D eigenvalue weighted by Crippen LogP contribution is -2.18. The fourth-order valence-electron chi connectivity index (χ4n) is 1.76. The van der Waals surface area contributed by atoms with Crippen molar-refractivity contribution in [2.24, 2.45) is 0 Å². The maximum Gasteiger partial charge on any atom is 0.276 e. The van der Waals surface area contributed by atoms with Crippen LogP contribution >= 0.6 is 0 Å². The third-order valence-electron chi connectivity index (χ3n) is 2.69. The van der Waals surface area contributed by atoms with Gasteiger partial charge in [-0.2, -0.15) is 0 Å². The highest BCUT2D eigenvalue weighted by atomic mass is 16.1. The van der Waals surface area contributed by atoms with Gasteiger partial charge in [-0.3, -0.25) is 4.79 Å². The summed E-state index contributed by atoms with van der Waals surface area (Å²) in [6, 6.07) is 10.9. The summed E-state index contributed by atoms with van der Waals surface area (Å²) < 4.78 is 0. The molecule has 0 aliphatic rings. The third kappa shape index (κ3) is 2.82. The Morgan fingerprint density at radius 2 is 1.95 bits per heavy atom. The molecular weight excluding hydrogens is 240 g/mol. The summed E-state index contributed by atoms with van der Waals surface area (Å²) >= 11 is 0. The maximum atomic E-state index is 12.1. The van der Waals surface area contributed by atoms with E-state index in [1.807, 2.05) is 43.3 Å². The molecule has 0 saturated carbocycles. The monoisotopic (exact) mass is 256 g/mol. The molecule has 1 amide bonds. The average Bonchev–Trinajstić information content (AvgIpc) is 2.39. The summed E-state index contributed by atoms with van der Waals surface area (Å²) in [5.41, 5.74) is 7.98. The quantitative estimate of drug-likeness (QED) is 0.881. The predicted octanol–water partition coefficient (Wildman–Crippen LogP) is 1.98. The molecule has 1 aromatic carbocycles. The number of nitrogens with zero attached hydrogens (tertiary/aromatic N) is 2. The topological polar surface area (TPSA) is 71.2 Å². The highest BCUT2D eigenvalue weighted by molar-refractivity contribution is 6.07. The van der Waals surface area contributed by atoms with Crippen LogP contribution in [0.1, 0.15) is 10.5 Å². The number of aromatic nitrogens is 1. The minimum absolute atomic E-state index is 0.232. The second kappa shape index (κ2) is 5.39. The van der Waals surface area contributed by atoms with Crippen molar-refractivity contribution in [2.45, 2.75) is 0 Å². The number of hydrogen-bond donors (Lipinski definition) is 2. The highest BCUT2D eigenvalue weighted by Gasteiger charge is 2.13. The van der Waals surface area contributed by atoms with Crippen molar-refractivity contribution in [2.75, 3.05) is 30.0 Å². The summed E-state index contributed by atoms with van der Waals surface area (Å²) in [6.07, 6.45) is 1.54. The summed E-state index contributed by atoms with van der Waals surface area (Å²) in [6.45, 7) is 0. The van der Waals surface area contributed by atoms with Gasteiger partial charge >= 0.3 is 0 Å². The number of nitrogens with two attached hydrogens (primary N) is 1. The molecule has 0 fully saturated rings. The Kier molecular flexibility index (Phi) is 3.66. The van der Waals surface area contributed by atoms with Gasteiger partial charge in [0.05, 0.1) is 17.1 Å². The van der Waals surface area contributed by atoms with E-state index in [1.54, 1.807) is 18.3 Å². The van der Waals surface area contributed by atoms with Gasteiger partial charge in [-0.05, 0) is 24.3 Å². The van der Waals surface area contributed by atoms with Crippen LogP contribution in [0.2, 0.25) is 0 Å². The van der Waals surface area contributed by atoms with Gasteiger partial charge in [-0.15, -0.1) is 0 Å². The van der Waals surface area contributed by atoms with Gasteiger partial charge in [-0.1, -0.05) is 12.1 Å². The Labute approximate surface area is 112 Å². The van der Waals surface area contributed by atoms with E-state index in [4.69, 9.17) is 5.73 Å². The van der Waals surface area contributed by atoms with Crippen molar-refractivity contribution in [3.8, 4) is 0 Å². The lowest BCUT2D eigenvalue weighted by Gasteiger charge is -2.17. The molecule has 98 valence electrons. The van der Waals surface area contributed by atoms with Crippen LogP contribution in [0.4, 0.5) is 17.1 Å². The molecule has 0 bridgehead atoms. The van der Waals surface area contributed by atoms with Crippen molar-refractivity contribution in [1.29, 1.82) is 0 Å². The zero-order chi connectivity index (χ0) is 13.8.